The van der Waals surface area contributed by atoms with Gasteiger partial charge < -0.3 is 19.5 Å². The van der Waals surface area contributed by atoms with Gasteiger partial charge in [-0.05, 0) is 6.07 Å². The molecule has 2 rings (SSSR count). The minimum atomic E-state index is -4.46. The second-order valence-electron chi connectivity index (χ2n) is 5.38. The lowest BCUT2D eigenvalue weighted by atomic mass is 10.1. The van der Waals surface area contributed by atoms with Gasteiger partial charge in [-0.3, -0.25) is 9.69 Å². The number of alkyl halides is 3. The molecular weight excluding hydrogens is 317 g/mol. The minimum Gasteiger partial charge on any atom is -0.507 e. The van der Waals surface area contributed by atoms with Crippen molar-refractivity contribution in [2.75, 3.05) is 34.0 Å². The maximum Gasteiger partial charge on any atom is 0.401 e. The number of aromatic hydroxyl groups is 1. The number of hydrogen-bond acceptors (Lipinski definition) is 5. The van der Waals surface area contributed by atoms with Gasteiger partial charge in [-0.1, -0.05) is 0 Å². The number of amides is 1. The molecule has 23 heavy (non-hydrogen) atoms. The second-order valence-corrected chi connectivity index (χ2v) is 5.38. The Morgan fingerprint density at radius 2 is 1.87 bits per heavy atom. The molecule has 0 bridgehead atoms. The Morgan fingerprint density at radius 3 is 2.43 bits per heavy atom. The Hall–Kier alpha value is -2.16. The van der Waals surface area contributed by atoms with Crippen LogP contribution in [0.4, 0.5) is 13.2 Å². The fourth-order valence-corrected chi connectivity index (χ4v) is 2.09. The number of carbonyl (C=O) groups excluding carboxylic acids is 1. The molecule has 1 aliphatic rings. The zero-order valence-corrected chi connectivity index (χ0v) is 12.7. The van der Waals surface area contributed by atoms with E-state index in [1.807, 2.05) is 0 Å². The summed E-state index contributed by atoms with van der Waals surface area (Å²) < 4.78 is 48.3. The van der Waals surface area contributed by atoms with E-state index >= 15 is 0 Å². The summed E-state index contributed by atoms with van der Waals surface area (Å²) in [6.45, 7) is -1.94. The first kappa shape index (κ1) is 17.2. The highest BCUT2D eigenvalue weighted by molar-refractivity contribution is 5.77. The molecule has 0 fully saturated rings. The summed E-state index contributed by atoms with van der Waals surface area (Å²) in [6, 6.07) is 2.71. The van der Waals surface area contributed by atoms with Gasteiger partial charge in [0.2, 0.25) is 12.7 Å². The monoisotopic (exact) mass is 334 g/mol. The summed E-state index contributed by atoms with van der Waals surface area (Å²) in [6.07, 6.45) is -4.46. The first-order chi connectivity index (χ1) is 10.7. The first-order valence-corrected chi connectivity index (χ1v) is 6.76. The SMILES string of the molecule is CN(C)C(=O)CN(Cc1cc2c(cc1O)OCO2)CC(F)(F)F. The van der Waals surface area contributed by atoms with Crippen LogP contribution >= 0.6 is 0 Å². The summed E-state index contributed by atoms with van der Waals surface area (Å²) >= 11 is 0. The second kappa shape index (κ2) is 6.53. The number of fused-ring (bicyclic) bond motifs is 1. The van der Waals surface area contributed by atoms with Crippen LogP contribution in [-0.4, -0.2) is 61.0 Å². The summed E-state index contributed by atoms with van der Waals surface area (Å²) in [5, 5.41) is 9.93. The Kier molecular flexibility index (Phi) is 4.88. The molecule has 9 heteroatoms. The number of nitrogens with zero attached hydrogens (tertiary/aromatic N) is 2. The van der Waals surface area contributed by atoms with Crippen LogP contribution in [0, 0.1) is 0 Å². The number of ether oxygens (including phenoxy) is 2. The average molecular weight is 334 g/mol. The van der Waals surface area contributed by atoms with Gasteiger partial charge in [-0.25, -0.2) is 0 Å². The van der Waals surface area contributed by atoms with E-state index in [0.29, 0.717) is 11.5 Å². The minimum absolute atomic E-state index is 0.0103. The molecule has 0 aromatic heterocycles. The third-order valence-corrected chi connectivity index (χ3v) is 3.23. The van der Waals surface area contributed by atoms with Gasteiger partial charge in [-0.2, -0.15) is 13.2 Å². The van der Waals surface area contributed by atoms with Crippen LogP contribution in [0.2, 0.25) is 0 Å². The highest BCUT2D eigenvalue weighted by Crippen LogP contribution is 2.38. The lowest BCUT2D eigenvalue weighted by molar-refractivity contribution is -0.152. The Balaban J connectivity index is 2.18. The summed E-state index contributed by atoms with van der Waals surface area (Å²) in [5.41, 5.74) is 0.227. The molecule has 0 radical (unpaired) electrons. The van der Waals surface area contributed by atoms with Gasteiger partial charge in [0.05, 0.1) is 13.1 Å². The third kappa shape index (κ3) is 4.65. The van der Waals surface area contributed by atoms with Crippen molar-refractivity contribution in [3.05, 3.63) is 17.7 Å². The van der Waals surface area contributed by atoms with Crippen molar-refractivity contribution >= 4 is 5.91 Å². The van der Waals surface area contributed by atoms with Crippen molar-refractivity contribution in [1.29, 1.82) is 0 Å². The van der Waals surface area contributed by atoms with Crippen molar-refractivity contribution in [3.8, 4) is 17.2 Å². The molecule has 0 saturated carbocycles. The molecule has 1 aromatic carbocycles. The van der Waals surface area contributed by atoms with Gasteiger partial charge >= 0.3 is 6.18 Å². The molecule has 1 heterocycles. The van der Waals surface area contributed by atoms with Gasteiger partial charge in [-0.15, -0.1) is 0 Å². The zero-order chi connectivity index (χ0) is 17.2. The summed E-state index contributed by atoms with van der Waals surface area (Å²) in [4.78, 5) is 13.8. The van der Waals surface area contributed by atoms with E-state index in [2.05, 4.69) is 0 Å². The molecule has 0 unspecified atom stereocenters. The topological polar surface area (TPSA) is 62.2 Å². The molecule has 1 aromatic rings. The van der Waals surface area contributed by atoms with E-state index < -0.39 is 25.2 Å². The fraction of sp³-hybridized carbons (Fsp3) is 0.500. The normalized spacial score (nSPS) is 13.5. The number of halogens is 3. The average Bonchev–Trinajstić information content (AvgIpc) is 2.83. The van der Waals surface area contributed by atoms with E-state index in [1.54, 1.807) is 0 Å². The molecule has 0 atom stereocenters. The molecule has 128 valence electrons. The number of benzene rings is 1. The molecule has 1 amide bonds. The highest BCUT2D eigenvalue weighted by Gasteiger charge is 2.32. The Bertz CT molecular complexity index is 590. The van der Waals surface area contributed by atoms with Crippen molar-refractivity contribution < 1.29 is 32.5 Å². The number of phenols is 1. The fourth-order valence-electron chi connectivity index (χ4n) is 2.09. The van der Waals surface area contributed by atoms with Gasteiger partial charge in [0.1, 0.15) is 5.75 Å². The van der Waals surface area contributed by atoms with Gasteiger partial charge in [0, 0.05) is 32.3 Å². The molecule has 1 N–H and O–H groups in total. The predicted octanol–water partition coefficient (Wildman–Crippen LogP) is 1.57. The molecule has 0 spiro atoms. The number of hydrogen-bond donors (Lipinski definition) is 1. The maximum absolute atomic E-state index is 12.7. The number of rotatable bonds is 5. The standard InChI is InChI=1S/C14H17F3N2O4/c1-18(2)13(21)6-19(7-14(15,16)17)5-9-3-11-12(4-10(9)20)23-8-22-11/h3-4,20H,5-8H2,1-2H3. The van der Waals surface area contributed by atoms with Crippen molar-refractivity contribution in [2.45, 2.75) is 12.7 Å². The molecule has 6 nitrogen and oxygen atoms in total. The van der Waals surface area contributed by atoms with Crippen LogP contribution < -0.4 is 9.47 Å². The first-order valence-electron chi connectivity index (χ1n) is 6.76. The van der Waals surface area contributed by atoms with E-state index in [9.17, 15) is 23.1 Å². The maximum atomic E-state index is 12.7. The highest BCUT2D eigenvalue weighted by atomic mass is 19.4. The van der Waals surface area contributed by atoms with Crippen molar-refractivity contribution in [2.24, 2.45) is 0 Å². The van der Waals surface area contributed by atoms with Gasteiger partial charge in [0.15, 0.2) is 11.5 Å². The number of phenolic OH excluding ortho intramolecular Hbond substituents is 1. The largest absolute Gasteiger partial charge is 0.507 e. The predicted molar refractivity (Wildman–Crippen MR) is 74.3 cm³/mol. The lowest BCUT2D eigenvalue weighted by Crippen LogP contribution is -2.41. The van der Waals surface area contributed by atoms with Crippen LogP contribution in [0.15, 0.2) is 12.1 Å². The van der Waals surface area contributed by atoms with Crippen LogP contribution in [0.25, 0.3) is 0 Å². The quantitative estimate of drug-likeness (QED) is 0.886. The molecule has 0 saturated heterocycles. The molecule has 0 aliphatic carbocycles. The van der Waals surface area contributed by atoms with E-state index in [4.69, 9.17) is 9.47 Å². The molecule has 1 aliphatic heterocycles. The van der Waals surface area contributed by atoms with Crippen LogP contribution in [0.1, 0.15) is 5.56 Å². The van der Waals surface area contributed by atoms with Crippen LogP contribution in [-0.2, 0) is 11.3 Å². The van der Waals surface area contributed by atoms with Crippen LogP contribution in [0.5, 0.6) is 17.2 Å². The zero-order valence-electron chi connectivity index (χ0n) is 12.7. The summed E-state index contributed by atoms with van der Waals surface area (Å²) in [5.74, 6) is 0.00916. The van der Waals surface area contributed by atoms with Gasteiger partial charge in [0.25, 0.3) is 0 Å². The van der Waals surface area contributed by atoms with Crippen molar-refractivity contribution in [3.63, 3.8) is 0 Å². The Morgan fingerprint density at radius 1 is 1.26 bits per heavy atom. The Labute approximate surface area is 131 Å². The van der Waals surface area contributed by atoms with E-state index in [0.717, 1.165) is 4.90 Å². The van der Waals surface area contributed by atoms with E-state index in [-0.39, 0.29) is 24.7 Å². The smallest absolute Gasteiger partial charge is 0.401 e. The molecular formula is C14H17F3N2O4. The number of carbonyl (C=O) groups is 1. The lowest BCUT2D eigenvalue weighted by Gasteiger charge is -2.25. The third-order valence-electron chi connectivity index (χ3n) is 3.23. The van der Waals surface area contributed by atoms with E-state index in [1.165, 1.54) is 31.1 Å². The number of likely N-dealkylation sites (N-methyl/N-ethyl adjacent to an activating group) is 1. The van der Waals surface area contributed by atoms with Crippen LogP contribution in [0.3, 0.4) is 0 Å². The van der Waals surface area contributed by atoms with Crippen molar-refractivity contribution in [1.82, 2.24) is 9.80 Å². The summed E-state index contributed by atoms with van der Waals surface area (Å²) in [7, 11) is 2.93.